The summed E-state index contributed by atoms with van der Waals surface area (Å²) in [6.07, 6.45) is 1.98. The van der Waals surface area contributed by atoms with Gasteiger partial charge in [0.2, 0.25) is 12.3 Å². The summed E-state index contributed by atoms with van der Waals surface area (Å²) in [7, 11) is 0. The SMILES string of the molecule is CC(CNCCc1ncon1)C(N)=O. The van der Waals surface area contributed by atoms with E-state index in [0.29, 0.717) is 25.3 Å². The molecule has 14 heavy (non-hydrogen) atoms. The number of carbonyl (C=O) groups excluding carboxylic acids is 1. The molecule has 6 heteroatoms. The molecule has 1 amide bonds. The molecule has 1 aromatic rings. The van der Waals surface area contributed by atoms with Gasteiger partial charge in [0.05, 0.1) is 0 Å². The largest absolute Gasteiger partial charge is 0.369 e. The van der Waals surface area contributed by atoms with Crippen LogP contribution in [0.25, 0.3) is 0 Å². The summed E-state index contributed by atoms with van der Waals surface area (Å²) in [5, 5.41) is 6.73. The number of hydrogen-bond acceptors (Lipinski definition) is 5. The summed E-state index contributed by atoms with van der Waals surface area (Å²) in [5.74, 6) is 0.210. The van der Waals surface area contributed by atoms with Gasteiger partial charge < -0.3 is 15.6 Å². The van der Waals surface area contributed by atoms with E-state index < -0.39 is 0 Å². The second kappa shape index (κ2) is 5.33. The van der Waals surface area contributed by atoms with Crippen LogP contribution in [0, 0.1) is 5.92 Å². The Labute approximate surface area is 81.9 Å². The molecule has 0 aliphatic rings. The minimum absolute atomic E-state index is 0.153. The van der Waals surface area contributed by atoms with Gasteiger partial charge in [-0.05, 0) is 0 Å². The molecular weight excluding hydrogens is 184 g/mol. The van der Waals surface area contributed by atoms with E-state index in [1.807, 2.05) is 0 Å². The van der Waals surface area contributed by atoms with Crippen LogP contribution < -0.4 is 11.1 Å². The Kier molecular flexibility index (Phi) is 4.06. The van der Waals surface area contributed by atoms with Gasteiger partial charge in [0, 0.05) is 25.4 Å². The monoisotopic (exact) mass is 198 g/mol. The molecule has 0 aliphatic heterocycles. The first kappa shape index (κ1) is 10.6. The molecule has 0 aromatic carbocycles. The Morgan fingerprint density at radius 2 is 2.57 bits per heavy atom. The van der Waals surface area contributed by atoms with Crippen molar-refractivity contribution in [3.63, 3.8) is 0 Å². The van der Waals surface area contributed by atoms with E-state index in [2.05, 4.69) is 20.0 Å². The van der Waals surface area contributed by atoms with E-state index in [4.69, 9.17) is 5.73 Å². The third-order valence-electron chi connectivity index (χ3n) is 1.87. The Morgan fingerprint density at radius 1 is 1.79 bits per heavy atom. The smallest absolute Gasteiger partial charge is 0.221 e. The molecule has 78 valence electrons. The average molecular weight is 198 g/mol. The quantitative estimate of drug-likeness (QED) is 0.591. The normalized spacial score (nSPS) is 12.6. The van der Waals surface area contributed by atoms with Crippen molar-refractivity contribution < 1.29 is 9.32 Å². The Balaban J connectivity index is 2.08. The zero-order chi connectivity index (χ0) is 10.4. The molecule has 1 unspecified atom stereocenters. The second-order valence-corrected chi connectivity index (χ2v) is 3.10. The fourth-order valence-corrected chi connectivity index (χ4v) is 0.922. The number of hydrogen-bond donors (Lipinski definition) is 2. The summed E-state index contributed by atoms with van der Waals surface area (Å²) in [5.41, 5.74) is 5.09. The third kappa shape index (κ3) is 3.53. The number of carbonyl (C=O) groups is 1. The van der Waals surface area contributed by atoms with Gasteiger partial charge in [-0.2, -0.15) is 4.98 Å². The number of rotatable bonds is 6. The summed E-state index contributed by atoms with van der Waals surface area (Å²) >= 11 is 0. The van der Waals surface area contributed by atoms with E-state index in [1.165, 1.54) is 6.39 Å². The molecule has 0 aliphatic carbocycles. The van der Waals surface area contributed by atoms with E-state index >= 15 is 0 Å². The minimum atomic E-state index is -0.294. The van der Waals surface area contributed by atoms with Crippen molar-refractivity contribution in [3.8, 4) is 0 Å². The maximum atomic E-state index is 10.7. The van der Waals surface area contributed by atoms with Gasteiger partial charge in [-0.15, -0.1) is 0 Å². The van der Waals surface area contributed by atoms with Gasteiger partial charge in [0.25, 0.3) is 0 Å². The van der Waals surface area contributed by atoms with Crippen LogP contribution in [0.1, 0.15) is 12.7 Å². The van der Waals surface area contributed by atoms with Crippen LogP contribution in [-0.4, -0.2) is 29.1 Å². The Hall–Kier alpha value is -1.43. The summed E-state index contributed by atoms with van der Waals surface area (Å²) < 4.78 is 4.57. The van der Waals surface area contributed by atoms with Crippen LogP contribution in [0.3, 0.4) is 0 Å². The molecule has 0 bridgehead atoms. The van der Waals surface area contributed by atoms with Crippen molar-refractivity contribution in [2.45, 2.75) is 13.3 Å². The number of aromatic nitrogens is 2. The maximum Gasteiger partial charge on any atom is 0.221 e. The molecule has 0 spiro atoms. The first-order valence-corrected chi connectivity index (χ1v) is 4.45. The molecule has 0 fully saturated rings. The fourth-order valence-electron chi connectivity index (χ4n) is 0.922. The van der Waals surface area contributed by atoms with Crippen LogP contribution in [-0.2, 0) is 11.2 Å². The molecule has 0 saturated carbocycles. The van der Waals surface area contributed by atoms with Crippen LogP contribution >= 0.6 is 0 Å². The fraction of sp³-hybridized carbons (Fsp3) is 0.625. The lowest BCUT2D eigenvalue weighted by Crippen LogP contribution is -2.32. The predicted octanol–water partition coefficient (Wildman–Crippen LogP) is -0.677. The molecule has 0 radical (unpaired) electrons. The first-order valence-electron chi connectivity index (χ1n) is 4.45. The number of nitrogens with two attached hydrogens (primary N) is 1. The minimum Gasteiger partial charge on any atom is -0.369 e. The molecule has 1 heterocycles. The highest BCUT2D eigenvalue weighted by atomic mass is 16.5. The van der Waals surface area contributed by atoms with E-state index in [1.54, 1.807) is 6.92 Å². The number of nitrogens with one attached hydrogen (secondary N) is 1. The lowest BCUT2D eigenvalue weighted by molar-refractivity contribution is -0.121. The van der Waals surface area contributed by atoms with Gasteiger partial charge in [-0.3, -0.25) is 4.79 Å². The Bertz CT molecular complexity index is 273. The maximum absolute atomic E-state index is 10.7. The second-order valence-electron chi connectivity index (χ2n) is 3.10. The summed E-state index contributed by atoms with van der Waals surface area (Å²) in [6.45, 7) is 3.06. The summed E-state index contributed by atoms with van der Waals surface area (Å²) in [6, 6.07) is 0. The number of nitrogens with zero attached hydrogens (tertiary/aromatic N) is 2. The van der Waals surface area contributed by atoms with Gasteiger partial charge in [-0.25, -0.2) is 0 Å². The molecule has 1 atom stereocenters. The van der Waals surface area contributed by atoms with Crippen molar-refractivity contribution in [3.05, 3.63) is 12.2 Å². The van der Waals surface area contributed by atoms with E-state index in [0.717, 1.165) is 0 Å². The highest BCUT2D eigenvalue weighted by molar-refractivity contribution is 5.76. The predicted molar refractivity (Wildman–Crippen MR) is 49.2 cm³/mol. The summed E-state index contributed by atoms with van der Waals surface area (Å²) in [4.78, 5) is 14.5. The standard InChI is InChI=1S/C8H14N4O2/c1-6(8(9)13)4-10-3-2-7-11-5-14-12-7/h5-6,10H,2-4H2,1H3,(H2,9,13). The third-order valence-corrected chi connectivity index (χ3v) is 1.87. The zero-order valence-electron chi connectivity index (χ0n) is 8.06. The van der Waals surface area contributed by atoms with Crippen molar-refractivity contribution in [2.24, 2.45) is 11.7 Å². The van der Waals surface area contributed by atoms with Crippen molar-refractivity contribution >= 4 is 5.91 Å². The van der Waals surface area contributed by atoms with Gasteiger partial charge in [0.1, 0.15) is 0 Å². The molecule has 1 rings (SSSR count). The molecule has 0 saturated heterocycles. The van der Waals surface area contributed by atoms with Crippen molar-refractivity contribution in [1.29, 1.82) is 0 Å². The highest BCUT2D eigenvalue weighted by Gasteiger charge is 2.07. The number of primary amides is 1. The van der Waals surface area contributed by atoms with E-state index in [-0.39, 0.29) is 11.8 Å². The van der Waals surface area contributed by atoms with Gasteiger partial charge >= 0.3 is 0 Å². The van der Waals surface area contributed by atoms with Crippen LogP contribution in [0.4, 0.5) is 0 Å². The lowest BCUT2D eigenvalue weighted by Gasteiger charge is -2.07. The molecular formula is C8H14N4O2. The van der Waals surface area contributed by atoms with Gasteiger partial charge in [0.15, 0.2) is 5.82 Å². The molecule has 6 nitrogen and oxygen atoms in total. The molecule has 1 aromatic heterocycles. The highest BCUT2D eigenvalue weighted by Crippen LogP contribution is 1.91. The lowest BCUT2D eigenvalue weighted by atomic mass is 10.2. The van der Waals surface area contributed by atoms with Crippen LogP contribution in [0.15, 0.2) is 10.9 Å². The topological polar surface area (TPSA) is 94.0 Å². The zero-order valence-corrected chi connectivity index (χ0v) is 8.06. The molecule has 3 N–H and O–H groups in total. The van der Waals surface area contributed by atoms with Crippen LogP contribution in [0.5, 0.6) is 0 Å². The van der Waals surface area contributed by atoms with Gasteiger partial charge in [-0.1, -0.05) is 12.1 Å². The average Bonchev–Trinajstić information content (AvgIpc) is 2.64. The van der Waals surface area contributed by atoms with E-state index in [9.17, 15) is 4.79 Å². The van der Waals surface area contributed by atoms with Crippen LogP contribution in [0.2, 0.25) is 0 Å². The first-order chi connectivity index (χ1) is 6.70. The van der Waals surface area contributed by atoms with Crippen molar-refractivity contribution in [2.75, 3.05) is 13.1 Å². The number of amides is 1. The van der Waals surface area contributed by atoms with Crippen molar-refractivity contribution in [1.82, 2.24) is 15.5 Å². The Morgan fingerprint density at radius 3 is 3.14 bits per heavy atom.